The zero-order valence-electron chi connectivity index (χ0n) is 12.2. The van der Waals surface area contributed by atoms with Gasteiger partial charge in [-0.15, -0.1) is 0 Å². The minimum absolute atomic E-state index is 0.245. The molecule has 3 aromatic rings. The monoisotopic (exact) mass is 315 g/mol. The Morgan fingerprint density at radius 2 is 2.04 bits per heavy atom. The third-order valence-corrected chi connectivity index (χ3v) is 3.85. The van der Waals surface area contributed by atoms with E-state index >= 15 is 0 Å². The van der Waals surface area contributed by atoms with Crippen LogP contribution in [0, 0.1) is 5.82 Å². The third kappa shape index (κ3) is 2.94. The van der Waals surface area contributed by atoms with Crippen molar-refractivity contribution in [1.29, 1.82) is 0 Å². The second-order valence-corrected chi connectivity index (χ2v) is 5.71. The third-order valence-electron chi connectivity index (χ3n) is 3.85. The average Bonchev–Trinajstić information content (AvgIpc) is 3.21. The quantitative estimate of drug-likeness (QED) is 0.723. The molecule has 4 rings (SSSR count). The van der Waals surface area contributed by atoms with Gasteiger partial charge in [0.15, 0.2) is 11.7 Å². The van der Waals surface area contributed by atoms with Gasteiger partial charge in [-0.1, -0.05) is 17.3 Å². The topological polar surface area (TPSA) is 74.1 Å². The number of oxazole rings is 1. The van der Waals surface area contributed by atoms with Gasteiger partial charge < -0.3 is 4.42 Å². The van der Waals surface area contributed by atoms with Crippen molar-refractivity contribution in [1.82, 2.24) is 14.7 Å². The van der Waals surface area contributed by atoms with Crippen LogP contribution in [0.3, 0.4) is 0 Å². The number of benzene rings is 1. The first kappa shape index (κ1) is 13.9. The molecule has 7 heteroatoms. The van der Waals surface area contributed by atoms with Crippen LogP contribution in [0.15, 0.2) is 44.3 Å². The summed E-state index contributed by atoms with van der Waals surface area (Å²) < 4.78 is 24.6. The van der Waals surface area contributed by atoms with Crippen LogP contribution >= 0.6 is 0 Å². The fourth-order valence-corrected chi connectivity index (χ4v) is 2.44. The van der Waals surface area contributed by atoms with Gasteiger partial charge in [0.2, 0.25) is 0 Å². The van der Waals surface area contributed by atoms with E-state index in [1.807, 2.05) is 0 Å². The highest BCUT2D eigenvalue weighted by atomic mass is 19.1. The summed E-state index contributed by atoms with van der Waals surface area (Å²) in [6.07, 6.45) is 4.14. The van der Waals surface area contributed by atoms with Crippen LogP contribution in [-0.2, 0) is 13.0 Å². The summed E-state index contributed by atoms with van der Waals surface area (Å²) in [6.45, 7) is 0.245. The molecule has 118 valence electrons. The zero-order chi connectivity index (χ0) is 15.8. The Hall–Kier alpha value is -2.70. The lowest BCUT2D eigenvalue weighted by Crippen LogP contribution is -2.18. The van der Waals surface area contributed by atoms with E-state index < -0.39 is 5.76 Å². The molecule has 0 spiro atoms. The Labute approximate surface area is 130 Å². The Morgan fingerprint density at radius 3 is 2.78 bits per heavy atom. The molecule has 0 radical (unpaired) electrons. The lowest BCUT2D eigenvalue weighted by molar-refractivity contribution is 0.375. The van der Waals surface area contributed by atoms with E-state index in [2.05, 4.69) is 10.1 Å². The van der Waals surface area contributed by atoms with Gasteiger partial charge in [-0.25, -0.2) is 14.2 Å². The molecule has 0 saturated heterocycles. The van der Waals surface area contributed by atoms with Crippen LogP contribution in [0.4, 0.5) is 4.39 Å². The van der Waals surface area contributed by atoms with Crippen LogP contribution in [0.25, 0.3) is 0 Å². The first-order chi connectivity index (χ1) is 11.2. The molecule has 6 nitrogen and oxygen atoms in total. The van der Waals surface area contributed by atoms with E-state index in [0.717, 1.165) is 24.3 Å². The largest absolute Gasteiger partial charge is 0.448 e. The predicted octanol–water partition coefficient (Wildman–Crippen LogP) is 2.48. The van der Waals surface area contributed by atoms with Gasteiger partial charge in [0.1, 0.15) is 12.1 Å². The molecule has 0 amide bonds. The lowest BCUT2D eigenvalue weighted by Gasteiger charge is -2.02. The Morgan fingerprint density at radius 1 is 1.26 bits per heavy atom. The van der Waals surface area contributed by atoms with Gasteiger partial charge >= 0.3 is 5.76 Å². The summed E-state index contributed by atoms with van der Waals surface area (Å²) in [5, 5.41) is 3.81. The van der Waals surface area contributed by atoms with Gasteiger partial charge in [-0.05, 0) is 30.5 Å². The van der Waals surface area contributed by atoms with Gasteiger partial charge in [0.25, 0.3) is 0 Å². The van der Waals surface area contributed by atoms with E-state index in [0.29, 0.717) is 23.9 Å². The van der Waals surface area contributed by atoms with E-state index in [9.17, 15) is 9.18 Å². The Bertz CT molecular complexity index is 875. The molecular weight excluding hydrogens is 301 g/mol. The predicted molar refractivity (Wildman–Crippen MR) is 77.5 cm³/mol. The fourth-order valence-electron chi connectivity index (χ4n) is 2.44. The first-order valence-electron chi connectivity index (χ1n) is 7.43. The number of nitrogens with zero attached hydrogens (tertiary/aromatic N) is 3. The van der Waals surface area contributed by atoms with E-state index in [-0.39, 0.29) is 12.4 Å². The fraction of sp³-hybridized carbons (Fsp3) is 0.312. The summed E-state index contributed by atoms with van der Waals surface area (Å²) in [5.74, 6) is 0.767. The highest BCUT2D eigenvalue weighted by Gasteiger charge is 2.28. The smallest absolute Gasteiger partial charge is 0.441 e. The van der Waals surface area contributed by atoms with E-state index in [1.54, 1.807) is 18.4 Å². The summed E-state index contributed by atoms with van der Waals surface area (Å²) in [5.41, 5.74) is 1.50. The second-order valence-electron chi connectivity index (χ2n) is 5.71. The molecule has 2 aromatic heterocycles. The molecule has 0 atom stereocenters. The van der Waals surface area contributed by atoms with Crippen molar-refractivity contribution in [2.75, 3.05) is 0 Å². The number of hydrogen-bond donors (Lipinski definition) is 0. The molecule has 1 saturated carbocycles. The summed E-state index contributed by atoms with van der Waals surface area (Å²) in [4.78, 5) is 16.3. The van der Waals surface area contributed by atoms with Crippen LogP contribution < -0.4 is 5.76 Å². The molecule has 2 heterocycles. The Kier molecular flexibility index (Phi) is 3.33. The lowest BCUT2D eigenvalue weighted by atomic mass is 10.1. The highest BCUT2D eigenvalue weighted by Crippen LogP contribution is 2.39. The minimum Gasteiger partial charge on any atom is -0.448 e. The standard InChI is InChI=1S/C16H14FN3O3/c17-12-5-1-10(2-6-12)7-14-19-23-16(21)20(14)8-13-9-22-15(18-13)11-3-4-11/h1-2,5-6,9,11H,3-4,7-8H2. The maximum atomic E-state index is 13.0. The van der Waals surface area contributed by atoms with Crippen molar-refractivity contribution in [3.8, 4) is 0 Å². The molecular formula is C16H14FN3O3. The molecule has 0 unspecified atom stereocenters. The maximum Gasteiger partial charge on any atom is 0.441 e. The van der Waals surface area contributed by atoms with Crippen LogP contribution in [-0.4, -0.2) is 14.7 Å². The normalized spacial score (nSPS) is 14.3. The summed E-state index contributed by atoms with van der Waals surface area (Å²) in [7, 11) is 0. The second kappa shape index (κ2) is 5.49. The average molecular weight is 315 g/mol. The van der Waals surface area contributed by atoms with Crippen LogP contribution in [0.5, 0.6) is 0 Å². The molecule has 0 N–H and O–H groups in total. The van der Waals surface area contributed by atoms with Crippen molar-refractivity contribution in [3.05, 3.63) is 69.9 Å². The van der Waals surface area contributed by atoms with Gasteiger partial charge in [-0.3, -0.25) is 9.09 Å². The van der Waals surface area contributed by atoms with Crippen molar-refractivity contribution in [3.63, 3.8) is 0 Å². The maximum absolute atomic E-state index is 13.0. The molecule has 0 aliphatic heterocycles. The highest BCUT2D eigenvalue weighted by molar-refractivity contribution is 5.20. The Balaban J connectivity index is 1.56. The van der Waals surface area contributed by atoms with Crippen LogP contribution in [0.1, 0.15) is 41.7 Å². The van der Waals surface area contributed by atoms with E-state index in [4.69, 9.17) is 8.94 Å². The molecule has 23 heavy (non-hydrogen) atoms. The molecule has 1 aliphatic rings. The number of aromatic nitrogens is 3. The van der Waals surface area contributed by atoms with Gasteiger partial charge in [0, 0.05) is 12.3 Å². The molecule has 1 fully saturated rings. The number of halogens is 1. The zero-order valence-corrected chi connectivity index (χ0v) is 12.2. The van der Waals surface area contributed by atoms with Gasteiger partial charge in [-0.2, -0.15) is 0 Å². The van der Waals surface area contributed by atoms with Crippen molar-refractivity contribution < 1.29 is 13.3 Å². The number of rotatable bonds is 5. The SMILES string of the molecule is O=c1onc(Cc2ccc(F)cc2)n1Cc1coc(C2CC2)n1. The molecule has 0 bridgehead atoms. The first-order valence-corrected chi connectivity index (χ1v) is 7.43. The molecule has 1 aliphatic carbocycles. The minimum atomic E-state index is -0.543. The van der Waals surface area contributed by atoms with E-state index in [1.165, 1.54) is 16.7 Å². The van der Waals surface area contributed by atoms with Gasteiger partial charge in [0.05, 0.1) is 12.2 Å². The number of hydrogen-bond acceptors (Lipinski definition) is 5. The van der Waals surface area contributed by atoms with Crippen LogP contribution in [0.2, 0.25) is 0 Å². The van der Waals surface area contributed by atoms with Crippen molar-refractivity contribution >= 4 is 0 Å². The summed E-state index contributed by atoms with van der Waals surface area (Å²) >= 11 is 0. The van der Waals surface area contributed by atoms with Crippen molar-refractivity contribution in [2.45, 2.75) is 31.7 Å². The molecule has 1 aromatic carbocycles. The summed E-state index contributed by atoms with van der Waals surface area (Å²) in [6, 6.07) is 6.05. The van der Waals surface area contributed by atoms with Crippen molar-refractivity contribution in [2.24, 2.45) is 0 Å².